The fourth-order valence-electron chi connectivity index (χ4n) is 2.91. The molecule has 0 fully saturated rings. The average Bonchev–Trinajstić information content (AvgIpc) is 2.43. The molecule has 0 aliphatic rings. The van der Waals surface area contributed by atoms with E-state index in [0.717, 1.165) is 5.75 Å². The quantitative estimate of drug-likeness (QED) is 0.858. The Bertz CT molecular complexity index is 488. The van der Waals surface area contributed by atoms with Crippen molar-refractivity contribution in [1.82, 2.24) is 0 Å². The van der Waals surface area contributed by atoms with Crippen LogP contribution in [0.4, 0.5) is 0 Å². The smallest absolute Gasteiger partial charge is 0.126 e. The lowest BCUT2D eigenvalue weighted by Gasteiger charge is -2.31. The first-order chi connectivity index (χ1) is 10.4. The van der Waals surface area contributed by atoms with Crippen molar-refractivity contribution in [3.63, 3.8) is 0 Å². The van der Waals surface area contributed by atoms with E-state index in [-0.39, 0.29) is 16.7 Å². The van der Waals surface area contributed by atoms with E-state index in [0.29, 0.717) is 13.0 Å². The summed E-state index contributed by atoms with van der Waals surface area (Å²) < 4.78 is 5.80. The molecule has 3 nitrogen and oxygen atoms in total. The summed E-state index contributed by atoms with van der Waals surface area (Å²) in [6.07, 6.45) is 0.221. The van der Waals surface area contributed by atoms with Crippen molar-refractivity contribution in [2.24, 2.45) is 5.73 Å². The van der Waals surface area contributed by atoms with Gasteiger partial charge >= 0.3 is 0 Å². The lowest BCUT2D eigenvalue weighted by molar-refractivity contribution is 0.165. The van der Waals surface area contributed by atoms with Gasteiger partial charge in [0.2, 0.25) is 0 Å². The van der Waals surface area contributed by atoms with E-state index < -0.39 is 6.10 Å². The molecule has 3 heteroatoms. The zero-order valence-corrected chi connectivity index (χ0v) is 16.2. The van der Waals surface area contributed by atoms with Gasteiger partial charge in [0.05, 0.1) is 13.2 Å². The Morgan fingerprint density at radius 1 is 1.04 bits per heavy atom. The van der Waals surface area contributed by atoms with E-state index in [1.807, 2.05) is 0 Å². The highest BCUT2D eigenvalue weighted by atomic mass is 16.5. The van der Waals surface area contributed by atoms with Gasteiger partial charge in [0.15, 0.2) is 0 Å². The number of aliphatic hydroxyl groups is 1. The van der Waals surface area contributed by atoms with Crippen LogP contribution in [0.5, 0.6) is 5.75 Å². The maximum Gasteiger partial charge on any atom is 0.126 e. The van der Waals surface area contributed by atoms with Gasteiger partial charge < -0.3 is 15.6 Å². The van der Waals surface area contributed by atoms with E-state index in [4.69, 9.17) is 10.5 Å². The van der Waals surface area contributed by atoms with Gasteiger partial charge in [-0.1, -0.05) is 60.6 Å². The SMILES string of the molecule is COc1c(C(C)(C)C)cc(C(C)CC(O)CN)cc1C(C)(C)C. The fourth-order valence-corrected chi connectivity index (χ4v) is 2.91. The molecule has 0 aliphatic carbocycles. The summed E-state index contributed by atoms with van der Waals surface area (Å²) in [5, 5.41) is 9.90. The molecular formula is C20H35NO2. The topological polar surface area (TPSA) is 55.5 Å². The summed E-state index contributed by atoms with van der Waals surface area (Å²) in [6, 6.07) is 4.48. The Hall–Kier alpha value is -1.06. The minimum absolute atomic E-state index is 0.00639. The van der Waals surface area contributed by atoms with E-state index >= 15 is 0 Å². The molecule has 0 heterocycles. The molecule has 0 radical (unpaired) electrons. The highest BCUT2D eigenvalue weighted by molar-refractivity contribution is 5.51. The average molecular weight is 322 g/mol. The molecule has 0 spiro atoms. The Kier molecular flexibility index (Phi) is 6.28. The Labute approximate surface area is 142 Å². The van der Waals surface area contributed by atoms with Crippen LogP contribution in [0.2, 0.25) is 0 Å². The van der Waals surface area contributed by atoms with E-state index in [1.165, 1.54) is 16.7 Å². The second kappa shape index (κ2) is 7.23. The maximum absolute atomic E-state index is 9.90. The lowest BCUT2D eigenvalue weighted by Crippen LogP contribution is -2.23. The van der Waals surface area contributed by atoms with Crippen LogP contribution >= 0.6 is 0 Å². The molecule has 0 amide bonds. The van der Waals surface area contributed by atoms with E-state index in [9.17, 15) is 5.11 Å². The van der Waals surface area contributed by atoms with Gasteiger partial charge in [-0.05, 0) is 28.7 Å². The van der Waals surface area contributed by atoms with E-state index in [2.05, 4.69) is 60.6 Å². The molecule has 0 saturated heterocycles. The monoisotopic (exact) mass is 321 g/mol. The molecule has 0 saturated carbocycles. The molecular weight excluding hydrogens is 286 g/mol. The minimum atomic E-state index is -0.455. The van der Waals surface area contributed by atoms with Crippen LogP contribution < -0.4 is 10.5 Å². The van der Waals surface area contributed by atoms with Crippen molar-refractivity contribution < 1.29 is 9.84 Å². The van der Waals surface area contributed by atoms with Gasteiger partial charge in [-0.3, -0.25) is 0 Å². The molecule has 23 heavy (non-hydrogen) atoms. The molecule has 1 rings (SSSR count). The number of nitrogens with two attached hydrogens (primary N) is 1. The summed E-state index contributed by atoms with van der Waals surface area (Å²) in [5.74, 6) is 1.24. The molecule has 2 atom stereocenters. The third-order valence-electron chi connectivity index (χ3n) is 4.40. The Morgan fingerprint density at radius 3 is 1.78 bits per heavy atom. The van der Waals surface area contributed by atoms with Crippen molar-refractivity contribution >= 4 is 0 Å². The van der Waals surface area contributed by atoms with Crippen molar-refractivity contribution in [2.75, 3.05) is 13.7 Å². The fraction of sp³-hybridized carbons (Fsp3) is 0.700. The van der Waals surface area contributed by atoms with Gasteiger partial charge in [-0.2, -0.15) is 0 Å². The van der Waals surface area contributed by atoms with Gasteiger partial charge in [-0.15, -0.1) is 0 Å². The standard InChI is InChI=1S/C20H35NO2/c1-13(9-15(22)12-21)14-10-16(19(2,3)4)18(23-8)17(11-14)20(5,6)7/h10-11,13,15,22H,9,12,21H2,1-8H3. The summed E-state index contributed by atoms with van der Waals surface area (Å²) in [4.78, 5) is 0. The highest BCUT2D eigenvalue weighted by Gasteiger charge is 2.28. The van der Waals surface area contributed by atoms with Gasteiger partial charge in [-0.25, -0.2) is 0 Å². The molecule has 1 aromatic rings. The molecule has 2 unspecified atom stereocenters. The van der Waals surface area contributed by atoms with Gasteiger partial charge in [0, 0.05) is 17.7 Å². The van der Waals surface area contributed by atoms with Crippen molar-refractivity contribution in [3.05, 3.63) is 28.8 Å². The van der Waals surface area contributed by atoms with Crippen LogP contribution in [0, 0.1) is 0 Å². The van der Waals surface area contributed by atoms with Crippen LogP contribution in [-0.2, 0) is 10.8 Å². The second-order valence-electron chi connectivity index (χ2n) is 8.68. The third kappa shape index (κ3) is 4.95. The number of hydrogen-bond donors (Lipinski definition) is 2. The van der Waals surface area contributed by atoms with E-state index in [1.54, 1.807) is 7.11 Å². The molecule has 0 aromatic heterocycles. The minimum Gasteiger partial charge on any atom is -0.496 e. The van der Waals surface area contributed by atoms with Gasteiger partial charge in [0.25, 0.3) is 0 Å². The van der Waals surface area contributed by atoms with Crippen LogP contribution in [0.3, 0.4) is 0 Å². The van der Waals surface area contributed by atoms with Crippen LogP contribution in [0.25, 0.3) is 0 Å². The zero-order valence-electron chi connectivity index (χ0n) is 16.2. The maximum atomic E-state index is 9.90. The van der Waals surface area contributed by atoms with Crippen molar-refractivity contribution in [1.29, 1.82) is 0 Å². The van der Waals surface area contributed by atoms with Crippen LogP contribution in [-0.4, -0.2) is 24.9 Å². The van der Waals surface area contributed by atoms with Crippen LogP contribution in [0.15, 0.2) is 12.1 Å². The van der Waals surface area contributed by atoms with Gasteiger partial charge in [0.1, 0.15) is 5.75 Å². The normalized spacial score (nSPS) is 15.4. The second-order valence-corrected chi connectivity index (χ2v) is 8.68. The first kappa shape index (κ1) is 20.0. The molecule has 0 aliphatic heterocycles. The first-order valence-electron chi connectivity index (χ1n) is 8.52. The summed E-state index contributed by atoms with van der Waals surface area (Å²) >= 11 is 0. The lowest BCUT2D eigenvalue weighted by atomic mass is 9.76. The molecule has 3 N–H and O–H groups in total. The molecule has 1 aromatic carbocycles. The van der Waals surface area contributed by atoms with Crippen molar-refractivity contribution in [2.45, 2.75) is 77.7 Å². The Morgan fingerprint density at radius 2 is 1.48 bits per heavy atom. The molecule has 0 bridgehead atoms. The number of rotatable bonds is 5. The number of aliphatic hydroxyl groups excluding tert-OH is 1. The molecule has 132 valence electrons. The van der Waals surface area contributed by atoms with Crippen molar-refractivity contribution in [3.8, 4) is 5.75 Å². The number of ether oxygens (including phenoxy) is 1. The number of benzene rings is 1. The Balaban J connectivity index is 3.50. The first-order valence-corrected chi connectivity index (χ1v) is 8.52. The number of methoxy groups -OCH3 is 1. The predicted octanol–water partition coefficient (Wildman–Crippen LogP) is 4.10. The third-order valence-corrected chi connectivity index (χ3v) is 4.40. The highest BCUT2D eigenvalue weighted by Crippen LogP contribution is 2.42. The van der Waals surface area contributed by atoms with Crippen LogP contribution in [0.1, 0.15) is 77.5 Å². The zero-order chi connectivity index (χ0) is 18.0. The summed E-state index contributed by atoms with van der Waals surface area (Å²) in [5.41, 5.74) is 9.24. The predicted molar refractivity (Wildman–Crippen MR) is 98.5 cm³/mol. The summed E-state index contributed by atoms with van der Waals surface area (Å²) in [7, 11) is 1.75. The largest absolute Gasteiger partial charge is 0.496 e. The summed E-state index contributed by atoms with van der Waals surface area (Å²) in [6.45, 7) is 15.7. The number of hydrogen-bond acceptors (Lipinski definition) is 3.